The molecule has 0 atom stereocenters. The second kappa shape index (κ2) is 6.33. The Bertz CT molecular complexity index is 599. The number of hydrogen-bond donors (Lipinski definition) is 1. The van der Waals surface area contributed by atoms with Crippen molar-refractivity contribution in [1.29, 1.82) is 5.26 Å². The fourth-order valence-electron chi connectivity index (χ4n) is 1.48. The number of methoxy groups -OCH3 is 2. The van der Waals surface area contributed by atoms with Crippen LogP contribution in [0.15, 0.2) is 24.3 Å². The number of hydrogen-bond acceptors (Lipinski definition) is 7. The van der Waals surface area contributed by atoms with Gasteiger partial charge in [-0.25, -0.2) is 0 Å². The molecule has 1 N–H and O–H groups in total. The second-order valence-corrected chi connectivity index (χ2v) is 3.79. The van der Waals surface area contributed by atoms with E-state index in [-0.39, 0.29) is 12.0 Å². The summed E-state index contributed by atoms with van der Waals surface area (Å²) in [5.41, 5.74) is 1.62. The average Bonchev–Trinajstić information content (AvgIpc) is 2.53. The van der Waals surface area contributed by atoms with Crippen LogP contribution >= 0.6 is 0 Å². The molecule has 0 aliphatic carbocycles. The summed E-state index contributed by atoms with van der Waals surface area (Å²) in [5, 5.41) is 11.8. The van der Waals surface area contributed by atoms with Crippen LogP contribution in [-0.2, 0) is 6.54 Å². The van der Waals surface area contributed by atoms with E-state index in [2.05, 4.69) is 26.3 Å². The zero-order valence-corrected chi connectivity index (χ0v) is 11.1. The SMILES string of the molecule is COc1nc(NCc2ccc(C#N)cc2)nc(OC)n1. The quantitative estimate of drug-likeness (QED) is 0.877. The average molecular weight is 271 g/mol. The van der Waals surface area contributed by atoms with Crippen LogP contribution in [0.2, 0.25) is 0 Å². The summed E-state index contributed by atoms with van der Waals surface area (Å²) in [5.74, 6) is 0.359. The van der Waals surface area contributed by atoms with E-state index in [0.717, 1.165) is 5.56 Å². The molecule has 0 spiro atoms. The minimum Gasteiger partial charge on any atom is -0.467 e. The highest BCUT2D eigenvalue weighted by Crippen LogP contribution is 2.13. The molecule has 2 aromatic rings. The number of rotatable bonds is 5. The third-order valence-electron chi connectivity index (χ3n) is 2.49. The van der Waals surface area contributed by atoms with Gasteiger partial charge in [0.05, 0.1) is 25.9 Å². The maximum absolute atomic E-state index is 8.73. The van der Waals surface area contributed by atoms with Gasteiger partial charge in [0.25, 0.3) is 0 Å². The summed E-state index contributed by atoms with van der Waals surface area (Å²) in [4.78, 5) is 12.0. The summed E-state index contributed by atoms with van der Waals surface area (Å²) < 4.78 is 9.92. The van der Waals surface area contributed by atoms with Gasteiger partial charge in [-0.05, 0) is 17.7 Å². The van der Waals surface area contributed by atoms with Gasteiger partial charge >= 0.3 is 12.0 Å². The Hall–Kier alpha value is -2.88. The van der Waals surface area contributed by atoms with Crippen LogP contribution in [0.4, 0.5) is 5.95 Å². The molecule has 7 nitrogen and oxygen atoms in total. The van der Waals surface area contributed by atoms with Crippen molar-refractivity contribution in [2.24, 2.45) is 0 Å². The number of benzene rings is 1. The molecule has 0 unspecified atom stereocenters. The van der Waals surface area contributed by atoms with Gasteiger partial charge in [0.1, 0.15) is 0 Å². The lowest BCUT2D eigenvalue weighted by molar-refractivity contribution is 0.341. The highest BCUT2D eigenvalue weighted by Gasteiger charge is 2.06. The van der Waals surface area contributed by atoms with Gasteiger partial charge in [-0.3, -0.25) is 0 Å². The summed E-state index contributed by atoms with van der Waals surface area (Å²) in [6.45, 7) is 0.516. The van der Waals surface area contributed by atoms with Crippen LogP contribution in [0.25, 0.3) is 0 Å². The fraction of sp³-hybridized carbons (Fsp3) is 0.231. The molecule has 0 fully saturated rings. The molecule has 102 valence electrons. The molecule has 0 aliphatic heterocycles. The Morgan fingerprint density at radius 1 is 1.05 bits per heavy atom. The topological polar surface area (TPSA) is 93.0 Å². The lowest BCUT2D eigenvalue weighted by Crippen LogP contribution is -2.07. The summed E-state index contributed by atoms with van der Waals surface area (Å²) >= 11 is 0. The number of anilines is 1. The van der Waals surface area contributed by atoms with Crippen LogP contribution in [0.5, 0.6) is 12.0 Å². The van der Waals surface area contributed by atoms with Crippen molar-refractivity contribution < 1.29 is 9.47 Å². The van der Waals surface area contributed by atoms with Crippen molar-refractivity contribution in [1.82, 2.24) is 15.0 Å². The second-order valence-electron chi connectivity index (χ2n) is 3.79. The lowest BCUT2D eigenvalue weighted by Gasteiger charge is -2.07. The normalized spacial score (nSPS) is 9.65. The molecule has 2 rings (SSSR count). The number of nitriles is 1. The van der Waals surface area contributed by atoms with Crippen molar-refractivity contribution >= 4 is 5.95 Å². The summed E-state index contributed by atoms with van der Waals surface area (Å²) in [7, 11) is 2.94. The monoisotopic (exact) mass is 271 g/mol. The Morgan fingerprint density at radius 3 is 2.15 bits per heavy atom. The molecule has 0 saturated heterocycles. The largest absolute Gasteiger partial charge is 0.467 e. The zero-order valence-electron chi connectivity index (χ0n) is 11.1. The molecule has 7 heteroatoms. The Balaban J connectivity index is 2.07. The van der Waals surface area contributed by atoms with Gasteiger partial charge in [-0.1, -0.05) is 12.1 Å². The van der Waals surface area contributed by atoms with E-state index in [0.29, 0.717) is 18.1 Å². The molecule has 0 amide bonds. The van der Waals surface area contributed by atoms with E-state index in [9.17, 15) is 0 Å². The molecular weight excluding hydrogens is 258 g/mol. The van der Waals surface area contributed by atoms with E-state index in [1.54, 1.807) is 12.1 Å². The smallest absolute Gasteiger partial charge is 0.324 e. The van der Waals surface area contributed by atoms with E-state index in [1.807, 2.05) is 12.1 Å². The summed E-state index contributed by atoms with van der Waals surface area (Å²) in [6.07, 6.45) is 0. The van der Waals surface area contributed by atoms with E-state index >= 15 is 0 Å². The minimum absolute atomic E-state index is 0.180. The lowest BCUT2D eigenvalue weighted by atomic mass is 10.1. The first-order chi connectivity index (χ1) is 9.75. The van der Waals surface area contributed by atoms with Crippen molar-refractivity contribution in [3.8, 4) is 18.1 Å². The maximum atomic E-state index is 8.73. The molecule has 0 aliphatic rings. The third kappa shape index (κ3) is 3.32. The first-order valence-electron chi connectivity index (χ1n) is 5.82. The molecular formula is C13H13N5O2. The Labute approximate surface area is 116 Å². The molecule has 0 bridgehead atoms. The highest BCUT2D eigenvalue weighted by molar-refractivity contribution is 5.34. The molecule has 0 radical (unpaired) electrons. The van der Waals surface area contributed by atoms with E-state index in [4.69, 9.17) is 14.7 Å². The van der Waals surface area contributed by atoms with Gasteiger partial charge in [-0.15, -0.1) is 4.98 Å². The van der Waals surface area contributed by atoms with Gasteiger partial charge in [-0.2, -0.15) is 15.2 Å². The zero-order chi connectivity index (χ0) is 14.4. The van der Waals surface area contributed by atoms with Crippen molar-refractivity contribution in [2.75, 3.05) is 19.5 Å². The van der Waals surface area contributed by atoms with Gasteiger partial charge < -0.3 is 14.8 Å². The third-order valence-corrected chi connectivity index (χ3v) is 2.49. The molecule has 1 aromatic carbocycles. The standard InChI is InChI=1S/C13H13N5O2/c1-19-12-16-11(17-13(18-12)20-2)15-8-10-5-3-9(7-14)4-6-10/h3-6H,8H2,1-2H3,(H,15,16,17,18). The molecule has 20 heavy (non-hydrogen) atoms. The maximum Gasteiger partial charge on any atom is 0.324 e. The van der Waals surface area contributed by atoms with Crippen LogP contribution in [-0.4, -0.2) is 29.2 Å². The predicted molar refractivity (Wildman–Crippen MR) is 71.4 cm³/mol. The molecule has 0 saturated carbocycles. The number of aromatic nitrogens is 3. The van der Waals surface area contributed by atoms with Crippen molar-refractivity contribution in [3.63, 3.8) is 0 Å². The Kier molecular flexibility index (Phi) is 4.29. The van der Waals surface area contributed by atoms with Crippen LogP contribution in [0.3, 0.4) is 0 Å². The van der Waals surface area contributed by atoms with Gasteiger partial charge in [0, 0.05) is 6.54 Å². The minimum atomic E-state index is 0.180. The number of nitrogens with zero attached hydrogens (tertiary/aromatic N) is 4. The van der Waals surface area contributed by atoms with Crippen molar-refractivity contribution in [2.45, 2.75) is 6.54 Å². The van der Waals surface area contributed by atoms with E-state index in [1.165, 1.54) is 14.2 Å². The summed E-state index contributed by atoms with van der Waals surface area (Å²) in [6, 6.07) is 9.67. The van der Waals surface area contributed by atoms with Crippen molar-refractivity contribution in [3.05, 3.63) is 35.4 Å². The highest BCUT2D eigenvalue weighted by atomic mass is 16.5. The number of ether oxygens (including phenoxy) is 2. The van der Waals surface area contributed by atoms with Crippen LogP contribution < -0.4 is 14.8 Å². The first-order valence-corrected chi connectivity index (χ1v) is 5.82. The van der Waals surface area contributed by atoms with Crippen LogP contribution in [0, 0.1) is 11.3 Å². The Morgan fingerprint density at radius 2 is 1.65 bits per heavy atom. The van der Waals surface area contributed by atoms with Gasteiger partial charge in [0.2, 0.25) is 5.95 Å². The van der Waals surface area contributed by atoms with Gasteiger partial charge in [0.15, 0.2) is 0 Å². The predicted octanol–water partition coefficient (Wildman–Crippen LogP) is 1.37. The fourth-order valence-corrected chi connectivity index (χ4v) is 1.48. The number of nitrogens with one attached hydrogen (secondary N) is 1. The molecule has 1 heterocycles. The van der Waals surface area contributed by atoms with E-state index < -0.39 is 0 Å². The first kappa shape index (κ1) is 13.5. The van der Waals surface area contributed by atoms with Crippen LogP contribution in [0.1, 0.15) is 11.1 Å². The molecule has 1 aromatic heterocycles.